The lowest BCUT2D eigenvalue weighted by atomic mass is 9.99. The average molecular weight is 976 g/mol. The number of unbranched alkanes of at least 4 members (excludes halogenated alkanes) is 17. The van der Waals surface area contributed by atoms with E-state index in [0.29, 0.717) is 6.42 Å². The predicted molar refractivity (Wildman–Crippen MR) is 294 cm³/mol. The minimum absolute atomic E-state index is 0.199. The van der Waals surface area contributed by atoms with Crippen molar-refractivity contribution in [3.63, 3.8) is 0 Å². The molecule has 1 fully saturated rings. The van der Waals surface area contributed by atoms with Crippen LogP contribution in [0.1, 0.15) is 200 Å². The van der Waals surface area contributed by atoms with Gasteiger partial charge in [-0.2, -0.15) is 0 Å². The number of rotatable bonds is 45. The lowest BCUT2D eigenvalue weighted by molar-refractivity contribution is -0.302. The van der Waals surface area contributed by atoms with Gasteiger partial charge in [-0.05, 0) is 96.3 Å². The zero-order valence-electron chi connectivity index (χ0n) is 44.0. The third-order valence-corrected chi connectivity index (χ3v) is 12.2. The molecule has 70 heavy (non-hydrogen) atoms. The highest BCUT2D eigenvalue weighted by Gasteiger charge is 2.44. The molecule has 1 aliphatic rings. The molecule has 1 aliphatic heterocycles. The summed E-state index contributed by atoms with van der Waals surface area (Å²) in [5, 5.41) is 54.3. The summed E-state index contributed by atoms with van der Waals surface area (Å²) in [4.78, 5) is 13.0. The zero-order valence-corrected chi connectivity index (χ0v) is 44.0. The van der Waals surface area contributed by atoms with Crippen LogP contribution < -0.4 is 5.32 Å². The summed E-state index contributed by atoms with van der Waals surface area (Å²) < 4.78 is 11.2. The van der Waals surface area contributed by atoms with Crippen LogP contribution in [0.3, 0.4) is 0 Å². The number of carbonyl (C=O) groups excluding carboxylic acids is 1. The molecule has 398 valence electrons. The van der Waals surface area contributed by atoms with Gasteiger partial charge in [0.1, 0.15) is 24.4 Å². The number of aliphatic hydroxyl groups excluding tert-OH is 5. The molecular formula is C61H101NO8. The second-order valence-corrected chi connectivity index (χ2v) is 18.6. The van der Waals surface area contributed by atoms with E-state index < -0.39 is 49.5 Å². The van der Waals surface area contributed by atoms with Crippen LogP contribution in [0, 0.1) is 0 Å². The summed E-state index contributed by atoms with van der Waals surface area (Å²) in [5.74, 6) is -0.199. The highest BCUT2D eigenvalue weighted by Crippen LogP contribution is 2.22. The summed E-state index contributed by atoms with van der Waals surface area (Å²) in [6, 6.07) is -0.835. The predicted octanol–water partition coefficient (Wildman–Crippen LogP) is 13.6. The highest BCUT2D eigenvalue weighted by atomic mass is 16.7. The molecular weight excluding hydrogens is 875 g/mol. The van der Waals surface area contributed by atoms with E-state index in [4.69, 9.17) is 9.47 Å². The molecule has 6 N–H and O–H groups in total. The van der Waals surface area contributed by atoms with Crippen molar-refractivity contribution in [2.45, 2.75) is 243 Å². The first-order chi connectivity index (χ1) is 34.3. The fourth-order valence-electron chi connectivity index (χ4n) is 7.86. The van der Waals surface area contributed by atoms with Gasteiger partial charge in [-0.3, -0.25) is 4.79 Å². The molecule has 7 unspecified atom stereocenters. The van der Waals surface area contributed by atoms with Crippen molar-refractivity contribution in [3.8, 4) is 0 Å². The van der Waals surface area contributed by atoms with Gasteiger partial charge in [0, 0.05) is 6.42 Å². The number of hydrogen-bond acceptors (Lipinski definition) is 8. The molecule has 0 saturated carbocycles. The number of aliphatic hydroxyl groups is 5. The molecule has 0 aromatic rings. The first kappa shape index (κ1) is 64.6. The molecule has 1 saturated heterocycles. The maximum Gasteiger partial charge on any atom is 0.220 e. The van der Waals surface area contributed by atoms with Gasteiger partial charge in [-0.25, -0.2) is 0 Å². The lowest BCUT2D eigenvalue weighted by Crippen LogP contribution is -2.60. The van der Waals surface area contributed by atoms with Gasteiger partial charge in [-0.15, -0.1) is 0 Å². The van der Waals surface area contributed by atoms with Gasteiger partial charge in [0.2, 0.25) is 5.91 Å². The van der Waals surface area contributed by atoms with E-state index >= 15 is 0 Å². The van der Waals surface area contributed by atoms with Crippen molar-refractivity contribution < 1.29 is 39.8 Å². The van der Waals surface area contributed by atoms with Gasteiger partial charge in [0.05, 0.1) is 25.4 Å². The van der Waals surface area contributed by atoms with E-state index in [1.807, 2.05) is 6.08 Å². The van der Waals surface area contributed by atoms with Crippen molar-refractivity contribution in [1.82, 2.24) is 5.32 Å². The van der Waals surface area contributed by atoms with E-state index in [9.17, 15) is 30.3 Å². The lowest BCUT2D eigenvalue weighted by Gasteiger charge is -2.40. The highest BCUT2D eigenvalue weighted by molar-refractivity contribution is 5.76. The second kappa shape index (κ2) is 49.2. The third kappa shape index (κ3) is 38.3. The molecule has 1 rings (SSSR count). The number of ether oxygens (including phenoxy) is 2. The molecule has 0 bridgehead atoms. The Kier molecular flexibility index (Phi) is 45.4. The second-order valence-electron chi connectivity index (χ2n) is 18.6. The Morgan fingerprint density at radius 2 is 0.900 bits per heavy atom. The normalized spacial score (nSPS) is 20.4. The Labute approximate surface area is 427 Å². The van der Waals surface area contributed by atoms with Crippen LogP contribution in [0.15, 0.2) is 122 Å². The fraction of sp³-hybridized carbons (Fsp3) is 0.656. The Balaban J connectivity index is 2.16. The van der Waals surface area contributed by atoms with Crippen LogP contribution in [0.5, 0.6) is 0 Å². The van der Waals surface area contributed by atoms with E-state index in [1.54, 1.807) is 6.08 Å². The van der Waals surface area contributed by atoms with Gasteiger partial charge in [0.15, 0.2) is 6.29 Å². The van der Waals surface area contributed by atoms with E-state index in [-0.39, 0.29) is 12.5 Å². The Hall–Kier alpha value is -3.41. The van der Waals surface area contributed by atoms with E-state index in [1.165, 1.54) is 83.5 Å². The molecule has 1 amide bonds. The summed E-state index contributed by atoms with van der Waals surface area (Å²) in [6.45, 7) is 3.57. The quantitative estimate of drug-likeness (QED) is 0.0261. The number of amides is 1. The molecule has 0 aliphatic carbocycles. The third-order valence-electron chi connectivity index (χ3n) is 12.2. The van der Waals surface area contributed by atoms with Crippen molar-refractivity contribution in [2.75, 3.05) is 13.2 Å². The van der Waals surface area contributed by atoms with Gasteiger partial charge in [-0.1, -0.05) is 219 Å². The molecule has 0 aromatic carbocycles. The van der Waals surface area contributed by atoms with Gasteiger partial charge in [0.25, 0.3) is 0 Å². The Bertz CT molecular complexity index is 1510. The van der Waals surface area contributed by atoms with Crippen molar-refractivity contribution in [1.29, 1.82) is 0 Å². The molecule has 0 radical (unpaired) electrons. The van der Waals surface area contributed by atoms with Crippen LogP contribution >= 0.6 is 0 Å². The largest absolute Gasteiger partial charge is 0.394 e. The van der Waals surface area contributed by atoms with Crippen LogP contribution in [0.2, 0.25) is 0 Å². The van der Waals surface area contributed by atoms with Crippen LogP contribution in [-0.2, 0) is 14.3 Å². The summed E-state index contributed by atoms with van der Waals surface area (Å²) in [7, 11) is 0. The smallest absolute Gasteiger partial charge is 0.220 e. The maximum absolute atomic E-state index is 13.0. The van der Waals surface area contributed by atoms with E-state index in [2.05, 4.69) is 129 Å². The van der Waals surface area contributed by atoms with Crippen LogP contribution in [-0.4, -0.2) is 87.5 Å². The van der Waals surface area contributed by atoms with Crippen LogP contribution in [0.4, 0.5) is 0 Å². The molecule has 7 atom stereocenters. The number of carbonyl (C=O) groups is 1. The average Bonchev–Trinajstić information content (AvgIpc) is 3.36. The van der Waals surface area contributed by atoms with Gasteiger partial charge < -0.3 is 40.3 Å². The molecule has 0 aromatic heterocycles. The Morgan fingerprint density at radius 3 is 1.37 bits per heavy atom. The molecule has 9 heteroatoms. The first-order valence-corrected chi connectivity index (χ1v) is 27.8. The molecule has 0 spiro atoms. The monoisotopic (exact) mass is 976 g/mol. The minimum Gasteiger partial charge on any atom is -0.394 e. The minimum atomic E-state index is -1.58. The Morgan fingerprint density at radius 1 is 0.500 bits per heavy atom. The summed E-state index contributed by atoms with van der Waals surface area (Å²) in [6.07, 6.45) is 67.0. The standard InChI is InChI=1S/C61H101NO8/c1-3-5-7-9-11-13-15-17-18-19-20-21-22-23-24-25-26-27-28-29-30-31-32-33-34-35-36-37-38-39-41-43-45-47-49-51-57(65)62-54(53-69-61-60(68)59(67)58(66)56(52-63)70-61)55(64)50-48-46-44-42-40-16-14-12-10-8-6-4-2/h5,7,10-13,17-18,20-21,23-24,26-27,29-30,40,42,48,50,54-56,58-61,63-64,66-68H,3-4,6,8-9,14-16,19,22,25,28,31-39,41,43-47,49,51-53H2,1-2H3,(H,62,65)/b7-5-,12-10+,13-11-,18-17-,21-20-,24-23-,27-26-,30-29-,42-40+,50-48+. The van der Waals surface area contributed by atoms with Crippen molar-refractivity contribution >= 4 is 5.91 Å². The first-order valence-electron chi connectivity index (χ1n) is 27.8. The number of allylic oxidation sites excluding steroid dienone is 19. The maximum atomic E-state index is 13.0. The fourth-order valence-corrected chi connectivity index (χ4v) is 7.86. The number of nitrogens with one attached hydrogen (secondary N) is 1. The zero-order chi connectivity index (χ0) is 50.8. The van der Waals surface area contributed by atoms with Crippen molar-refractivity contribution in [2.24, 2.45) is 0 Å². The van der Waals surface area contributed by atoms with E-state index in [0.717, 1.165) is 96.3 Å². The molecule has 9 nitrogen and oxygen atoms in total. The topological polar surface area (TPSA) is 149 Å². The van der Waals surface area contributed by atoms with Crippen LogP contribution in [0.25, 0.3) is 0 Å². The number of hydrogen-bond donors (Lipinski definition) is 6. The summed E-state index contributed by atoms with van der Waals surface area (Å²) in [5.41, 5.74) is 0. The SMILES string of the molecule is CC/C=C\C/C=C\C/C=C\C/C=C\C/C=C\C/C=C\C/C=C\CCCCCCCCCCCCCCCC(=O)NC(COC1OC(CO)C(O)C(O)C1O)C(O)/C=C/CC/C=C/CC/C=C/CCCC. The van der Waals surface area contributed by atoms with Crippen molar-refractivity contribution in [3.05, 3.63) is 122 Å². The summed E-state index contributed by atoms with van der Waals surface area (Å²) >= 11 is 0. The molecule has 1 heterocycles. The van der Waals surface area contributed by atoms with Gasteiger partial charge >= 0.3 is 0 Å².